The summed E-state index contributed by atoms with van der Waals surface area (Å²) in [6.45, 7) is 3.63. The molecule has 4 heteroatoms. The van der Waals surface area contributed by atoms with Gasteiger partial charge >= 0.3 is 0 Å². The van der Waals surface area contributed by atoms with E-state index in [1.165, 1.54) is 12.8 Å². The molecule has 0 aromatic heterocycles. The summed E-state index contributed by atoms with van der Waals surface area (Å²) in [4.78, 5) is 25.8. The van der Waals surface area contributed by atoms with Crippen molar-refractivity contribution in [3.8, 4) is 0 Å². The third-order valence-corrected chi connectivity index (χ3v) is 4.38. The highest BCUT2D eigenvalue weighted by molar-refractivity contribution is 5.79. The average molecular weight is 266 g/mol. The molecule has 0 bridgehead atoms. The van der Waals surface area contributed by atoms with Gasteiger partial charge in [-0.2, -0.15) is 0 Å². The molecule has 0 spiro atoms. The molecule has 0 aromatic carbocycles. The quantitative estimate of drug-likeness (QED) is 0.847. The second kappa shape index (κ2) is 6.92. The van der Waals surface area contributed by atoms with E-state index in [0.717, 1.165) is 45.2 Å². The Balaban J connectivity index is 1.71. The van der Waals surface area contributed by atoms with E-state index in [2.05, 4.69) is 5.32 Å². The predicted molar refractivity (Wildman–Crippen MR) is 74.6 cm³/mol. The summed E-state index contributed by atoms with van der Waals surface area (Å²) < 4.78 is 0. The van der Waals surface area contributed by atoms with Crippen LogP contribution in [0.2, 0.25) is 0 Å². The largest absolute Gasteiger partial charge is 0.353 e. The molecule has 108 valence electrons. The van der Waals surface area contributed by atoms with Crippen LogP contribution in [0.25, 0.3) is 0 Å². The Morgan fingerprint density at radius 2 is 1.74 bits per heavy atom. The fourth-order valence-electron chi connectivity index (χ4n) is 3.15. The first-order valence-electron chi connectivity index (χ1n) is 7.79. The number of carbonyl (C=O) groups excluding carboxylic acids is 2. The Bertz CT molecular complexity index is 316. The summed E-state index contributed by atoms with van der Waals surface area (Å²) in [7, 11) is 0. The molecule has 2 fully saturated rings. The van der Waals surface area contributed by atoms with Crippen molar-refractivity contribution in [2.45, 2.75) is 64.3 Å². The van der Waals surface area contributed by atoms with Crippen LogP contribution in [0.4, 0.5) is 0 Å². The number of likely N-dealkylation sites (tertiary alicyclic amines) is 1. The molecule has 0 radical (unpaired) electrons. The van der Waals surface area contributed by atoms with Crippen molar-refractivity contribution in [1.82, 2.24) is 10.2 Å². The van der Waals surface area contributed by atoms with Crippen molar-refractivity contribution in [3.05, 3.63) is 0 Å². The van der Waals surface area contributed by atoms with E-state index in [1.54, 1.807) is 0 Å². The first-order valence-corrected chi connectivity index (χ1v) is 7.79. The zero-order chi connectivity index (χ0) is 13.7. The van der Waals surface area contributed by atoms with Crippen molar-refractivity contribution in [2.24, 2.45) is 5.92 Å². The van der Waals surface area contributed by atoms with Crippen LogP contribution >= 0.6 is 0 Å². The van der Waals surface area contributed by atoms with Gasteiger partial charge in [-0.05, 0) is 32.1 Å². The number of hydrogen-bond acceptors (Lipinski definition) is 2. The Kier molecular flexibility index (Phi) is 5.23. The van der Waals surface area contributed by atoms with Crippen LogP contribution in [0.3, 0.4) is 0 Å². The number of piperidine rings is 1. The average Bonchev–Trinajstić information content (AvgIpc) is 2.94. The van der Waals surface area contributed by atoms with Crippen LogP contribution in [-0.4, -0.2) is 35.8 Å². The van der Waals surface area contributed by atoms with Crippen LogP contribution < -0.4 is 5.32 Å². The third-order valence-electron chi connectivity index (χ3n) is 4.38. The number of nitrogens with one attached hydrogen (secondary N) is 1. The first kappa shape index (κ1) is 14.4. The summed E-state index contributed by atoms with van der Waals surface area (Å²) in [6.07, 6.45) is 7.89. The lowest BCUT2D eigenvalue weighted by atomic mass is 10.0. The highest BCUT2D eigenvalue weighted by Crippen LogP contribution is 2.25. The molecule has 1 N–H and O–H groups in total. The summed E-state index contributed by atoms with van der Waals surface area (Å²) in [6, 6.07) is 0.277. The number of hydrogen-bond donors (Lipinski definition) is 1. The van der Waals surface area contributed by atoms with Gasteiger partial charge in [0.05, 0.1) is 0 Å². The second-order valence-electron chi connectivity index (χ2n) is 5.90. The Morgan fingerprint density at radius 1 is 1.11 bits per heavy atom. The molecule has 0 unspecified atom stereocenters. The molecular formula is C15H26N2O2. The van der Waals surface area contributed by atoms with Crippen LogP contribution in [0.15, 0.2) is 0 Å². The molecule has 1 saturated carbocycles. The van der Waals surface area contributed by atoms with Crippen molar-refractivity contribution in [2.75, 3.05) is 13.1 Å². The SMILES string of the molecule is CCCC(=O)N1CCC(NC(=O)C2CCCC2)CC1. The minimum Gasteiger partial charge on any atom is -0.353 e. The van der Waals surface area contributed by atoms with E-state index in [4.69, 9.17) is 0 Å². The molecule has 2 amide bonds. The molecule has 2 aliphatic rings. The Hall–Kier alpha value is -1.06. The van der Waals surface area contributed by atoms with Crippen LogP contribution in [-0.2, 0) is 9.59 Å². The van der Waals surface area contributed by atoms with Gasteiger partial charge in [-0.25, -0.2) is 0 Å². The van der Waals surface area contributed by atoms with E-state index >= 15 is 0 Å². The molecule has 4 nitrogen and oxygen atoms in total. The van der Waals surface area contributed by atoms with Gasteiger partial charge in [0.1, 0.15) is 0 Å². The van der Waals surface area contributed by atoms with Crippen molar-refractivity contribution in [3.63, 3.8) is 0 Å². The van der Waals surface area contributed by atoms with Gasteiger partial charge in [-0.3, -0.25) is 9.59 Å². The maximum atomic E-state index is 12.0. The Labute approximate surface area is 115 Å². The monoisotopic (exact) mass is 266 g/mol. The van der Waals surface area contributed by atoms with Gasteiger partial charge < -0.3 is 10.2 Å². The van der Waals surface area contributed by atoms with Crippen molar-refractivity contribution in [1.29, 1.82) is 0 Å². The second-order valence-corrected chi connectivity index (χ2v) is 5.90. The molecule has 2 rings (SSSR count). The number of rotatable bonds is 4. The van der Waals surface area contributed by atoms with E-state index in [9.17, 15) is 9.59 Å². The lowest BCUT2D eigenvalue weighted by Gasteiger charge is -2.33. The molecule has 0 aromatic rings. The molecule has 0 atom stereocenters. The normalized spacial score (nSPS) is 21.6. The van der Waals surface area contributed by atoms with E-state index in [-0.39, 0.29) is 23.8 Å². The highest BCUT2D eigenvalue weighted by Gasteiger charge is 2.27. The number of amides is 2. The van der Waals surface area contributed by atoms with Crippen molar-refractivity contribution >= 4 is 11.8 Å². The van der Waals surface area contributed by atoms with Gasteiger partial charge in [0.25, 0.3) is 0 Å². The van der Waals surface area contributed by atoms with Gasteiger partial charge in [-0.1, -0.05) is 19.8 Å². The minimum atomic E-state index is 0.246. The van der Waals surface area contributed by atoms with E-state index in [1.807, 2.05) is 11.8 Å². The molecule has 1 aliphatic carbocycles. The summed E-state index contributed by atoms with van der Waals surface area (Å²) >= 11 is 0. The van der Waals surface area contributed by atoms with Crippen LogP contribution in [0, 0.1) is 5.92 Å². The van der Waals surface area contributed by atoms with Gasteiger partial charge in [0.15, 0.2) is 0 Å². The van der Waals surface area contributed by atoms with E-state index in [0.29, 0.717) is 6.42 Å². The fourth-order valence-corrected chi connectivity index (χ4v) is 3.15. The van der Waals surface area contributed by atoms with Gasteiger partial charge in [0, 0.05) is 31.5 Å². The smallest absolute Gasteiger partial charge is 0.223 e. The van der Waals surface area contributed by atoms with Gasteiger partial charge in [-0.15, -0.1) is 0 Å². The van der Waals surface area contributed by atoms with Crippen LogP contribution in [0.1, 0.15) is 58.3 Å². The lowest BCUT2D eigenvalue weighted by Crippen LogP contribution is -2.47. The number of nitrogens with zero attached hydrogens (tertiary/aromatic N) is 1. The highest BCUT2D eigenvalue weighted by atomic mass is 16.2. The third kappa shape index (κ3) is 3.95. The zero-order valence-corrected chi connectivity index (χ0v) is 12.0. The minimum absolute atomic E-state index is 0.246. The fraction of sp³-hybridized carbons (Fsp3) is 0.867. The lowest BCUT2D eigenvalue weighted by molar-refractivity contribution is -0.132. The van der Waals surface area contributed by atoms with Crippen LogP contribution in [0.5, 0.6) is 0 Å². The van der Waals surface area contributed by atoms with Crippen molar-refractivity contribution < 1.29 is 9.59 Å². The molecule has 1 saturated heterocycles. The summed E-state index contributed by atoms with van der Waals surface area (Å²) in [5.74, 6) is 0.763. The first-order chi connectivity index (χ1) is 9.20. The Morgan fingerprint density at radius 3 is 2.32 bits per heavy atom. The molecular weight excluding hydrogens is 240 g/mol. The molecule has 1 aliphatic heterocycles. The topological polar surface area (TPSA) is 49.4 Å². The molecule has 1 heterocycles. The molecule has 19 heavy (non-hydrogen) atoms. The predicted octanol–water partition coefficient (Wildman–Crippen LogP) is 2.08. The standard InChI is InChI=1S/C15H26N2O2/c1-2-5-14(18)17-10-8-13(9-11-17)16-15(19)12-6-3-4-7-12/h12-13H,2-11H2,1H3,(H,16,19). The van der Waals surface area contributed by atoms with E-state index < -0.39 is 0 Å². The maximum absolute atomic E-state index is 12.0. The maximum Gasteiger partial charge on any atom is 0.223 e. The number of carbonyl (C=O) groups is 2. The summed E-state index contributed by atoms with van der Waals surface area (Å²) in [5, 5.41) is 3.18. The summed E-state index contributed by atoms with van der Waals surface area (Å²) in [5.41, 5.74) is 0. The zero-order valence-electron chi connectivity index (χ0n) is 12.0. The van der Waals surface area contributed by atoms with Gasteiger partial charge in [0.2, 0.25) is 11.8 Å².